The van der Waals surface area contributed by atoms with E-state index in [0.29, 0.717) is 0 Å². The van der Waals surface area contributed by atoms with Gasteiger partial charge in [-0.15, -0.1) is 0 Å². The van der Waals surface area contributed by atoms with E-state index in [0.717, 1.165) is 11.3 Å². The zero-order chi connectivity index (χ0) is 18.2. The molecule has 128 valence electrons. The van der Waals surface area contributed by atoms with Crippen LogP contribution in [-0.2, 0) is 0 Å². The van der Waals surface area contributed by atoms with Crippen molar-refractivity contribution < 1.29 is 0 Å². The molecule has 0 unspecified atom stereocenters. The van der Waals surface area contributed by atoms with E-state index in [1.165, 1.54) is 38.2 Å². The minimum absolute atomic E-state index is 0.781. The molecule has 0 aliphatic rings. The first-order valence-electron chi connectivity index (χ1n) is 9.16. The van der Waals surface area contributed by atoms with Crippen LogP contribution >= 0.6 is 0 Å². The highest BCUT2D eigenvalue weighted by molar-refractivity contribution is 6.09. The van der Waals surface area contributed by atoms with E-state index in [1.807, 2.05) is 12.1 Å². The van der Waals surface area contributed by atoms with E-state index in [9.17, 15) is 0 Å². The lowest BCUT2D eigenvalue weighted by atomic mass is 9.92. The van der Waals surface area contributed by atoms with E-state index in [1.54, 1.807) is 0 Å². The molecule has 2 N–H and O–H groups in total. The van der Waals surface area contributed by atoms with Crippen LogP contribution < -0.4 is 5.73 Å². The molecule has 0 aromatic heterocycles. The maximum Gasteiger partial charge on any atom is 0.0320 e. The summed E-state index contributed by atoms with van der Waals surface area (Å²) in [6, 6.07) is 36.3. The second kappa shape index (κ2) is 6.30. The Bertz CT molecular complexity index is 1270. The molecule has 0 aliphatic carbocycles. The van der Waals surface area contributed by atoms with Crippen LogP contribution in [0.15, 0.2) is 103 Å². The van der Waals surface area contributed by atoms with Gasteiger partial charge in [-0.05, 0) is 62.0 Å². The third kappa shape index (κ3) is 2.74. The summed E-state index contributed by atoms with van der Waals surface area (Å²) in [5.41, 5.74) is 11.6. The highest BCUT2D eigenvalue weighted by Gasteiger charge is 2.10. The van der Waals surface area contributed by atoms with Gasteiger partial charge in [0, 0.05) is 5.69 Å². The minimum atomic E-state index is 0.781. The van der Waals surface area contributed by atoms with Crippen molar-refractivity contribution in [2.75, 3.05) is 5.73 Å². The van der Waals surface area contributed by atoms with Gasteiger partial charge < -0.3 is 5.73 Å². The highest BCUT2D eigenvalue weighted by Crippen LogP contribution is 2.36. The van der Waals surface area contributed by atoms with Crippen molar-refractivity contribution in [1.29, 1.82) is 0 Å². The van der Waals surface area contributed by atoms with Gasteiger partial charge in [0.1, 0.15) is 0 Å². The topological polar surface area (TPSA) is 26.0 Å². The molecule has 0 amide bonds. The maximum absolute atomic E-state index is 6.11. The third-order valence-electron chi connectivity index (χ3n) is 5.19. The molecular weight excluding hydrogens is 326 g/mol. The summed E-state index contributed by atoms with van der Waals surface area (Å²) < 4.78 is 0. The summed E-state index contributed by atoms with van der Waals surface area (Å²) in [4.78, 5) is 0. The summed E-state index contributed by atoms with van der Waals surface area (Å²) in [5, 5.41) is 5.09. The predicted octanol–water partition coefficient (Wildman–Crippen LogP) is 6.91. The molecule has 5 aromatic rings. The minimum Gasteiger partial charge on any atom is -0.399 e. The number of fused-ring (bicyclic) bond motifs is 3. The molecule has 0 saturated carbocycles. The molecular formula is C26H19N. The van der Waals surface area contributed by atoms with Crippen molar-refractivity contribution in [3.05, 3.63) is 103 Å². The number of rotatable bonds is 2. The standard InChI is InChI=1S/C26H19N/c27-22-14-15-24(26(17-22)18-6-2-1-3-7-18)21-13-12-20-11-10-19-8-4-5-9-23(19)25(20)16-21/h1-17H,27H2. The van der Waals surface area contributed by atoms with E-state index < -0.39 is 0 Å². The van der Waals surface area contributed by atoms with E-state index in [2.05, 4.69) is 91.0 Å². The molecule has 5 aromatic carbocycles. The summed E-state index contributed by atoms with van der Waals surface area (Å²) >= 11 is 0. The zero-order valence-corrected chi connectivity index (χ0v) is 14.9. The smallest absolute Gasteiger partial charge is 0.0320 e. The Balaban J connectivity index is 1.78. The van der Waals surface area contributed by atoms with Gasteiger partial charge in [-0.1, -0.05) is 84.9 Å². The van der Waals surface area contributed by atoms with Crippen molar-refractivity contribution >= 4 is 27.2 Å². The Labute approximate surface area is 158 Å². The van der Waals surface area contributed by atoms with Gasteiger partial charge in [-0.2, -0.15) is 0 Å². The lowest BCUT2D eigenvalue weighted by Crippen LogP contribution is -1.90. The number of hydrogen-bond acceptors (Lipinski definition) is 1. The summed E-state index contributed by atoms with van der Waals surface area (Å²) in [7, 11) is 0. The summed E-state index contributed by atoms with van der Waals surface area (Å²) in [6.07, 6.45) is 0. The second-order valence-corrected chi connectivity index (χ2v) is 6.89. The van der Waals surface area contributed by atoms with Crippen LogP contribution in [0.1, 0.15) is 0 Å². The van der Waals surface area contributed by atoms with Crippen molar-refractivity contribution in [1.82, 2.24) is 0 Å². The first kappa shape index (κ1) is 15.7. The van der Waals surface area contributed by atoms with Gasteiger partial charge in [-0.3, -0.25) is 0 Å². The molecule has 0 aliphatic heterocycles. The molecule has 0 bridgehead atoms. The Morgan fingerprint density at radius 3 is 2.00 bits per heavy atom. The molecule has 0 radical (unpaired) electrons. The van der Waals surface area contributed by atoms with E-state index in [-0.39, 0.29) is 0 Å². The molecule has 0 atom stereocenters. The summed E-state index contributed by atoms with van der Waals surface area (Å²) in [6.45, 7) is 0. The average Bonchev–Trinajstić information content (AvgIpc) is 2.74. The SMILES string of the molecule is Nc1ccc(-c2ccc3ccc4ccccc4c3c2)c(-c2ccccc2)c1. The van der Waals surface area contributed by atoms with Crippen LogP contribution in [0, 0.1) is 0 Å². The average molecular weight is 345 g/mol. The largest absolute Gasteiger partial charge is 0.399 e. The lowest BCUT2D eigenvalue weighted by molar-refractivity contribution is 1.59. The Morgan fingerprint density at radius 1 is 0.444 bits per heavy atom. The quantitative estimate of drug-likeness (QED) is 0.273. The normalized spacial score (nSPS) is 11.1. The second-order valence-electron chi connectivity index (χ2n) is 6.89. The molecule has 0 fully saturated rings. The van der Waals surface area contributed by atoms with Gasteiger partial charge in [-0.25, -0.2) is 0 Å². The van der Waals surface area contributed by atoms with E-state index in [4.69, 9.17) is 5.73 Å². The molecule has 27 heavy (non-hydrogen) atoms. The summed E-state index contributed by atoms with van der Waals surface area (Å²) in [5.74, 6) is 0. The van der Waals surface area contributed by atoms with Crippen molar-refractivity contribution in [3.63, 3.8) is 0 Å². The molecule has 0 spiro atoms. The van der Waals surface area contributed by atoms with Gasteiger partial charge >= 0.3 is 0 Å². The third-order valence-corrected chi connectivity index (χ3v) is 5.19. The predicted molar refractivity (Wildman–Crippen MR) is 117 cm³/mol. The van der Waals surface area contributed by atoms with Crippen LogP contribution in [-0.4, -0.2) is 0 Å². The maximum atomic E-state index is 6.11. The monoisotopic (exact) mass is 345 g/mol. The van der Waals surface area contributed by atoms with Gasteiger partial charge in [0.25, 0.3) is 0 Å². The van der Waals surface area contributed by atoms with Gasteiger partial charge in [0.2, 0.25) is 0 Å². The Hall–Kier alpha value is -3.58. The number of benzene rings is 5. The molecule has 0 saturated heterocycles. The lowest BCUT2D eigenvalue weighted by Gasteiger charge is -2.13. The first-order valence-corrected chi connectivity index (χ1v) is 9.16. The van der Waals surface area contributed by atoms with Gasteiger partial charge in [0.15, 0.2) is 0 Å². The fourth-order valence-electron chi connectivity index (χ4n) is 3.84. The Morgan fingerprint density at radius 2 is 1.15 bits per heavy atom. The van der Waals surface area contributed by atoms with Crippen LogP contribution in [0.2, 0.25) is 0 Å². The molecule has 1 nitrogen and oxygen atoms in total. The molecule has 0 heterocycles. The van der Waals surface area contributed by atoms with Crippen LogP contribution in [0.25, 0.3) is 43.8 Å². The first-order chi connectivity index (χ1) is 13.3. The molecule has 5 rings (SSSR count). The highest BCUT2D eigenvalue weighted by atomic mass is 14.5. The van der Waals surface area contributed by atoms with Crippen molar-refractivity contribution in [2.45, 2.75) is 0 Å². The van der Waals surface area contributed by atoms with Gasteiger partial charge in [0.05, 0.1) is 0 Å². The number of nitrogen functional groups attached to an aromatic ring is 1. The fourth-order valence-corrected chi connectivity index (χ4v) is 3.84. The fraction of sp³-hybridized carbons (Fsp3) is 0. The number of anilines is 1. The van der Waals surface area contributed by atoms with Crippen LogP contribution in [0.4, 0.5) is 5.69 Å². The number of hydrogen-bond donors (Lipinski definition) is 1. The van der Waals surface area contributed by atoms with Crippen molar-refractivity contribution in [2.24, 2.45) is 0 Å². The Kier molecular flexibility index (Phi) is 3.65. The molecule has 1 heteroatoms. The zero-order valence-electron chi connectivity index (χ0n) is 14.9. The van der Waals surface area contributed by atoms with Crippen LogP contribution in [0.5, 0.6) is 0 Å². The number of nitrogens with two attached hydrogens (primary N) is 1. The van der Waals surface area contributed by atoms with Crippen molar-refractivity contribution in [3.8, 4) is 22.3 Å². The van der Waals surface area contributed by atoms with E-state index >= 15 is 0 Å². The van der Waals surface area contributed by atoms with Crippen LogP contribution in [0.3, 0.4) is 0 Å².